The normalized spacial score (nSPS) is 14.3. The number of halogens is 1. The summed E-state index contributed by atoms with van der Waals surface area (Å²) in [6.07, 6.45) is 0.632. The quantitative estimate of drug-likeness (QED) is 0.653. The van der Waals surface area contributed by atoms with Crippen molar-refractivity contribution in [2.45, 2.75) is 31.0 Å². The fraction of sp³-hybridized carbons (Fsp3) is 0.263. The van der Waals surface area contributed by atoms with Crippen molar-refractivity contribution < 1.29 is 4.39 Å². The van der Waals surface area contributed by atoms with Crippen LogP contribution in [0.15, 0.2) is 59.5 Å². The second kappa shape index (κ2) is 8.87. The van der Waals surface area contributed by atoms with E-state index >= 15 is 0 Å². The van der Waals surface area contributed by atoms with Crippen molar-refractivity contribution >= 4 is 23.3 Å². The number of rotatable bonds is 7. The van der Waals surface area contributed by atoms with Crippen LogP contribution in [0.25, 0.3) is 5.70 Å². The monoisotopic (exact) mass is 345 g/mol. The van der Waals surface area contributed by atoms with E-state index in [2.05, 4.69) is 10.0 Å². The van der Waals surface area contributed by atoms with Gasteiger partial charge in [0.05, 0.1) is 6.04 Å². The molecule has 3 nitrogen and oxygen atoms in total. The van der Waals surface area contributed by atoms with E-state index < -0.39 is 12.2 Å². The third-order valence-electron chi connectivity index (χ3n) is 3.61. The van der Waals surface area contributed by atoms with Crippen LogP contribution in [0.5, 0.6) is 0 Å². The highest BCUT2D eigenvalue weighted by Crippen LogP contribution is 2.23. The molecule has 0 radical (unpaired) electrons. The molecule has 2 rings (SSSR count). The lowest BCUT2D eigenvalue weighted by Crippen LogP contribution is -2.27. The van der Waals surface area contributed by atoms with E-state index in [0.29, 0.717) is 0 Å². The number of aryl methyl sites for hydroxylation is 1. The number of alkyl halides is 1. The first kappa shape index (κ1) is 18.5. The molecule has 24 heavy (non-hydrogen) atoms. The molecule has 0 saturated heterocycles. The second-order valence-electron chi connectivity index (χ2n) is 5.66. The molecular formula is C19H24FN3S. The average molecular weight is 345 g/mol. The van der Waals surface area contributed by atoms with Gasteiger partial charge >= 0.3 is 0 Å². The number of nitrogens with two attached hydrogens (primary N) is 1. The lowest BCUT2D eigenvalue weighted by Gasteiger charge is -2.16. The summed E-state index contributed by atoms with van der Waals surface area (Å²) in [5, 5.41) is 3.35. The molecule has 4 N–H and O–H groups in total. The Morgan fingerprint density at radius 1 is 1.12 bits per heavy atom. The van der Waals surface area contributed by atoms with Crippen molar-refractivity contribution in [1.29, 1.82) is 0 Å². The van der Waals surface area contributed by atoms with Gasteiger partial charge in [0.25, 0.3) is 0 Å². The highest BCUT2D eigenvalue weighted by molar-refractivity contribution is 7.97. The highest BCUT2D eigenvalue weighted by atomic mass is 32.2. The molecular weight excluding hydrogens is 321 g/mol. The summed E-state index contributed by atoms with van der Waals surface area (Å²) < 4.78 is 16.5. The summed E-state index contributed by atoms with van der Waals surface area (Å²) in [5.74, 6) is 0. The van der Waals surface area contributed by atoms with E-state index in [1.54, 1.807) is 18.0 Å². The lowest BCUT2D eigenvalue weighted by atomic mass is 10.1. The molecule has 5 heteroatoms. The standard InChI is InChI=1S/C19H24FN3S/c1-13-4-6-15(7-5-13)19(12-18(21)14(2)20)23-16-8-10-17(11-9-16)24-22-3/h4-12,14,18,22-23H,21H2,1-3H3/b19-12-. The molecule has 0 amide bonds. The summed E-state index contributed by atoms with van der Waals surface area (Å²) in [7, 11) is 1.88. The van der Waals surface area contributed by atoms with Crippen LogP contribution in [0.2, 0.25) is 0 Å². The summed E-state index contributed by atoms with van der Waals surface area (Å²) >= 11 is 1.55. The Labute approximate surface area is 147 Å². The van der Waals surface area contributed by atoms with Crippen molar-refractivity contribution in [3.05, 3.63) is 65.7 Å². The van der Waals surface area contributed by atoms with E-state index in [4.69, 9.17) is 5.73 Å². The van der Waals surface area contributed by atoms with Crippen LogP contribution in [-0.2, 0) is 0 Å². The molecule has 128 valence electrons. The molecule has 0 aliphatic heterocycles. The number of anilines is 1. The van der Waals surface area contributed by atoms with Gasteiger partial charge in [-0.2, -0.15) is 0 Å². The van der Waals surface area contributed by atoms with Gasteiger partial charge in [0, 0.05) is 16.3 Å². The molecule has 0 saturated carbocycles. The largest absolute Gasteiger partial charge is 0.355 e. The Hall–Kier alpha value is -1.82. The van der Waals surface area contributed by atoms with Gasteiger partial charge in [-0.25, -0.2) is 4.39 Å². The summed E-state index contributed by atoms with van der Waals surface area (Å²) in [5.41, 5.74) is 9.79. The van der Waals surface area contributed by atoms with Crippen LogP contribution in [0.1, 0.15) is 18.1 Å². The zero-order valence-electron chi connectivity index (χ0n) is 14.2. The van der Waals surface area contributed by atoms with Crippen LogP contribution in [0, 0.1) is 6.92 Å². The van der Waals surface area contributed by atoms with E-state index in [0.717, 1.165) is 21.8 Å². The molecule has 2 aromatic rings. The van der Waals surface area contributed by atoms with E-state index in [1.165, 1.54) is 12.5 Å². The van der Waals surface area contributed by atoms with Crippen LogP contribution in [-0.4, -0.2) is 19.3 Å². The molecule has 0 fully saturated rings. The number of hydrogen-bond acceptors (Lipinski definition) is 4. The average Bonchev–Trinajstić information content (AvgIpc) is 2.57. The first-order valence-electron chi connectivity index (χ1n) is 7.89. The van der Waals surface area contributed by atoms with E-state index in [-0.39, 0.29) is 0 Å². The smallest absolute Gasteiger partial charge is 0.116 e. The third-order valence-corrected chi connectivity index (χ3v) is 4.32. The maximum absolute atomic E-state index is 13.5. The predicted molar refractivity (Wildman–Crippen MR) is 103 cm³/mol. The van der Waals surface area contributed by atoms with Crippen LogP contribution in [0.4, 0.5) is 10.1 Å². The number of hydrogen-bond donors (Lipinski definition) is 3. The fourth-order valence-corrected chi connectivity index (χ4v) is 2.66. The molecule has 0 spiro atoms. The van der Waals surface area contributed by atoms with Crippen molar-refractivity contribution in [1.82, 2.24) is 4.72 Å². The third kappa shape index (κ3) is 5.37. The maximum Gasteiger partial charge on any atom is 0.116 e. The van der Waals surface area contributed by atoms with Gasteiger partial charge in [-0.05, 0) is 68.7 Å². The second-order valence-corrected chi connectivity index (χ2v) is 6.74. The first-order valence-corrected chi connectivity index (χ1v) is 8.70. The molecule has 0 aliphatic rings. The Balaban J connectivity index is 2.27. The highest BCUT2D eigenvalue weighted by Gasteiger charge is 2.11. The van der Waals surface area contributed by atoms with Crippen molar-refractivity contribution in [3.63, 3.8) is 0 Å². The molecule has 0 aromatic heterocycles. The first-order chi connectivity index (χ1) is 11.5. The van der Waals surface area contributed by atoms with Crippen molar-refractivity contribution in [3.8, 4) is 0 Å². The van der Waals surface area contributed by atoms with Gasteiger partial charge in [-0.1, -0.05) is 29.8 Å². The van der Waals surface area contributed by atoms with Gasteiger partial charge < -0.3 is 11.1 Å². The summed E-state index contributed by atoms with van der Waals surface area (Å²) in [6, 6.07) is 15.4. The van der Waals surface area contributed by atoms with Gasteiger partial charge in [0.2, 0.25) is 0 Å². The minimum atomic E-state index is -1.11. The number of benzene rings is 2. The molecule has 0 heterocycles. The van der Waals surface area contributed by atoms with Crippen LogP contribution < -0.4 is 15.8 Å². The Morgan fingerprint density at radius 3 is 2.29 bits per heavy atom. The van der Waals surface area contributed by atoms with Gasteiger partial charge in [0.1, 0.15) is 6.17 Å². The molecule has 2 unspecified atom stereocenters. The number of nitrogens with one attached hydrogen (secondary N) is 2. The van der Waals surface area contributed by atoms with E-state index in [1.807, 2.05) is 62.5 Å². The SMILES string of the molecule is CNSc1ccc(N/C(=C\C(N)C(C)F)c2ccc(C)cc2)cc1. The van der Waals surface area contributed by atoms with Gasteiger partial charge in [-0.15, -0.1) is 0 Å². The summed E-state index contributed by atoms with van der Waals surface area (Å²) in [6.45, 7) is 3.51. The molecule has 0 aliphatic carbocycles. The predicted octanol–water partition coefficient (Wildman–Crippen LogP) is 4.36. The zero-order valence-corrected chi connectivity index (χ0v) is 15.0. The van der Waals surface area contributed by atoms with Crippen molar-refractivity contribution in [2.75, 3.05) is 12.4 Å². The topological polar surface area (TPSA) is 50.1 Å². The zero-order chi connectivity index (χ0) is 17.5. The molecule has 2 aromatic carbocycles. The van der Waals surface area contributed by atoms with Crippen LogP contribution in [0.3, 0.4) is 0 Å². The minimum Gasteiger partial charge on any atom is -0.355 e. The minimum absolute atomic E-state index is 0.659. The Bertz CT molecular complexity index is 666. The Morgan fingerprint density at radius 2 is 1.75 bits per heavy atom. The maximum atomic E-state index is 13.5. The lowest BCUT2D eigenvalue weighted by molar-refractivity contribution is 0.334. The van der Waals surface area contributed by atoms with Gasteiger partial charge in [-0.3, -0.25) is 4.72 Å². The molecule has 2 atom stereocenters. The fourth-order valence-electron chi connectivity index (χ4n) is 2.15. The van der Waals surface area contributed by atoms with Crippen LogP contribution >= 0.6 is 11.9 Å². The van der Waals surface area contributed by atoms with Crippen molar-refractivity contribution in [2.24, 2.45) is 5.73 Å². The van der Waals surface area contributed by atoms with E-state index in [9.17, 15) is 4.39 Å². The van der Waals surface area contributed by atoms with Gasteiger partial charge in [0.15, 0.2) is 0 Å². The molecule has 0 bridgehead atoms. The summed E-state index contributed by atoms with van der Waals surface area (Å²) in [4.78, 5) is 1.12. The Kier molecular flexibility index (Phi) is 6.85.